The van der Waals surface area contributed by atoms with Gasteiger partial charge in [-0.3, -0.25) is 19.3 Å². The number of carbonyl (C=O) groups excluding carboxylic acids is 3. The van der Waals surface area contributed by atoms with Crippen LogP contribution in [0.2, 0.25) is 0 Å². The highest BCUT2D eigenvalue weighted by atomic mass is 32.2. The molecule has 5 N–H and O–H groups in total. The van der Waals surface area contributed by atoms with Gasteiger partial charge in [0.2, 0.25) is 17.0 Å². The van der Waals surface area contributed by atoms with Crippen LogP contribution in [0.4, 0.5) is 13.2 Å². The van der Waals surface area contributed by atoms with Crippen molar-refractivity contribution in [3.05, 3.63) is 11.3 Å². The molecule has 2 aliphatic heterocycles. The number of nitrogens with two attached hydrogens (primary N) is 1. The number of sulfone groups is 1. The predicted molar refractivity (Wildman–Crippen MR) is 117 cm³/mol. The second kappa shape index (κ2) is 10.6. The topological polar surface area (TPSA) is 218 Å². The van der Waals surface area contributed by atoms with E-state index in [0.29, 0.717) is 0 Å². The van der Waals surface area contributed by atoms with Crippen LogP contribution in [0.15, 0.2) is 16.4 Å². The van der Waals surface area contributed by atoms with Gasteiger partial charge in [-0.1, -0.05) is 11.8 Å². The number of aromatic nitrogens is 4. The highest BCUT2D eigenvalue weighted by molar-refractivity contribution is 8.01. The standard InChI is InChI=1S/C16H18F3N7O7S3/c17-16(18,19)5-36(32,33)4-9(28)21-10-12(29)26-11(14(30)31)6(3-34-13(10)26)7(1-2-8(20)27)35-15-22-24-25-23-15/h7,10,13H,1-5H2,(H2,20,27)(H,21,28)(H,30,31)(H,22,23,24,25)/t7?,10?,13-/m0/s1. The average molecular weight is 574 g/mol. The van der Waals surface area contributed by atoms with Crippen LogP contribution in [0.1, 0.15) is 12.8 Å². The Kier molecular flexibility index (Phi) is 8.18. The molecule has 3 rings (SSSR count). The Labute approximate surface area is 208 Å². The summed E-state index contributed by atoms with van der Waals surface area (Å²) in [5, 5.41) is 23.6. The lowest BCUT2D eigenvalue weighted by Crippen LogP contribution is -2.71. The van der Waals surface area contributed by atoms with Crippen LogP contribution in [-0.2, 0) is 29.0 Å². The number of nitrogens with zero attached hydrogens (tertiary/aromatic N) is 4. The molecule has 198 valence electrons. The van der Waals surface area contributed by atoms with Crippen LogP contribution in [-0.4, -0.2) is 103 Å². The van der Waals surface area contributed by atoms with E-state index >= 15 is 0 Å². The largest absolute Gasteiger partial charge is 0.477 e. The monoisotopic (exact) mass is 573 g/mol. The maximum absolute atomic E-state index is 12.7. The maximum atomic E-state index is 12.7. The molecule has 3 heterocycles. The number of primary amides is 1. The lowest BCUT2D eigenvalue weighted by atomic mass is 9.99. The first-order valence-corrected chi connectivity index (χ1v) is 13.6. The minimum atomic E-state index is -5.04. The molecule has 1 fully saturated rings. The van der Waals surface area contributed by atoms with Crippen molar-refractivity contribution in [1.29, 1.82) is 0 Å². The molecular weight excluding hydrogens is 555 g/mol. The zero-order valence-corrected chi connectivity index (χ0v) is 20.3. The Morgan fingerprint density at radius 2 is 2.06 bits per heavy atom. The molecule has 0 spiro atoms. The number of carbonyl (C=O) groups is 4. The molecule has 14 nitrogen and oxygen atoms in total. The summed E-state index contributed by atoms with van der Waals surface area (Å²) in [5.41, 5.74) is 5.09. The summed E-state index contributed by atoms with van der Waals surface area (Å²) in [7, 11) is -4.83. The van der Waals surface area contributed by atoms with Gasteiger partial charge in [0.25, 0.3) is 5.91 Å². The Morgan fingerprint density at radius 3 is 2.61 bits per heavy atom. The van der Waals surface area contributed by atoms with Gasteiger partial charge in [-0.2, -0.15) is 13.2 Å². The summed E-state index contributed by atoms with van der Waals surface area (Å²) in [6.07, 6.45) is -5.05. The average Bonchev–Trinajstić information content (AvgIpc) is 3.24. The molecule has 3 amide bonds. The quantitative estimate of drug-likeness (QED) is 0.178. The summed E-state index contributed by atoms with van der Waals surface area (Å²) in [6, 6.07) is -1.34. The molecule has 0 saturated carbocycles. The van der Waals surface area contributed by atoms with E-state index in [9.17, 15) is 45.9 Å². The molecule has 0 aliphatic carbocycles. The van der Waals surface area contributed by atoms with E-state index in [1.165, 1.54) is 0 Å². The van der Waals surface area contributed by atoms with Gasteiger partial charge in [0.1, 0.15) is 28.6 Å². The zero-order valence-electron chi connectivity index (χ0n) is 17.9. The molecule has 1 saturated heterocycles. The molecule has 1 aromatic rings. The molecule has 36 heavy (non-hydrogen) atoms. The number of halogens is 3. The van der Waals surface area contributed by atoms with Crippen LogP contribution in [0, 0.1) is 0 Å². The number of aromatic amines is 1. The van der Waals surface area contributed by atoms with Crippen LogP contribution < -0.4 is 11.1 Å². The van der Waals surface area contributed by atoms with Gasteiger partial charge in [0, 0.05) is 17.4 Å². The van der Waals surface area contributed by atoms with E-state index in [4.69, 9.17) is 5.73 Å². The lowest BCUT2D eigenvalue weighted by molar-refractivity contribution is -0.150. The van der Waals surface area contributed by atoms with Crippen LogP contribution in [0.25, 0.3) is 0 Å². The Bertz CT molecular complexity index is 1190. The summed E-state index contributed by atoms with van der Waals surface area (Å²) in [4.78, 5) is 49.1. The summed E-state index contributed by atoms with van der Waals surface area (Å²) in [5.74, 6) is -7.97. The molecule has 3 atom stereocenters. The fourth-order valence-electron chi connectivity index (χ4n) is 3.52. The van der Waals surface area contributed by atoms with E-state index in [0.717, 1.165) is 28.4 Å². The molecule has 20 heteroatoms. The molecule has 2 unspecified atom stereocenters. The first-order valence-electron chi connectivity index (χ1n) is 9.85. The van der Waals surface area contributed by atoms with Crippen molar-refractivity contribution in [2.24, 2.45) is 5.73 Å². The summed E-state index contributed by atoms with van der Waals surface area (Å²) < 4.78 is 60.3. The van der Waals surface area contributed by atoms with Gasteiger partial charge >= 0.3 is 12.1 Å². The Balaban J connectivity index is 1.79. The maximum Gasteiger partial charge on any atom is 0.402 e. The molecule has 0 radical (unpaired) electrons. The van der Waals surface area contributed by atoms with Crippen molar-refractivity contribution in [1.82, 2.24) is 30.8 Å². The number of rotatable bonds is 11. The van der Waals surface area contributed by atoms with Crippen molar-refractivity contribution in [3.63, 3.8) is 0 Å². The number of fused-ring (bicyclic) bond motifs is 1. The van der Waals surface area contributed by atoms with Gasteiger partial charge in [-0.15, -0.1) is 16.9 Å². The number of amides is 3. The fraction of sp³-hybridized carbons (Fsp3) is 0.562. The normalized spacial score (nSPS) is 21.0. The van der Waals surface area contributed by atoms with Crippen molar-refractivity contribution in [3.8, 4) is 0 Å². The second-order valence-electron chi connectivity index (χ2n) is 7.60. The van der Waals surface area contributed by atoms with Gasteiger partial charge in [-0.05, 0) is 22.4 Å². The number of aliphatic carboxylic acids is 1. The van der Waals surface area contributed by atoms with Crippen molar-refractivity contribution in [2.45, 2.75) is 40.8 Å². The summed E-state index contributed by atoms with van der Waals surface area (Å²) >= 11 is 2.06. The highest BCUT2D eigenvalue weighted by Crippen LogP contribution is 2.44. The molecule has 2 aliphatic rings. The number of hydrogen-bond donors (Lipinski definition) is 4. The number of carboxylic acid groups (broad SMARTS) is 1. The minimum Gasteiger partial charge on any atom is -0.477 e. The first kappa shape index (κ1) is 27.7. The Morgan fingerprint density at radius 1 is 1.36 bits per heavy atom. The zero-order chi connectivity index (χ0) is 26.8. The van der Waals surface area contributed by atoms with Gasteiger partial charge in [0.05, 0.1) is 0 Å². The second-order valence-corrected chi connectivity index (χ2v) is 12.0. The number of carboxylic acids is 1. The van der Waals surface area contributed by atoms with Crippen molar-refractivity contribution >= 4 is 57.1 Å². The summed E-state index contributed by atoms with van der Waals surface area (Å²) in [6.45, 7) is 0. The first-order chi connectivity index (χ1) is 16.7. The fourth-order valence-corrected chi connectivity index (χ4v) is 7.15. The third-order valence-electron chi connectivity index (χ3n) is 4.87. The third kappa shape index (κ3) is 6.66. The third-order valence-corrected chi connectivity index (χ3v) is 8.85. The van der Waals surface area contributed by atoms with E-state index in [-0.39, 0.29) is 29.3 Å². The van der Waals surface area contributed by atoms with Crippen molar-refractivity contribution < 1.29 is 45.9 Å². The van der Waals surface area contributed by atoms with Crippen LogP contribution >= 0.6 is 23.5 Å². The van der Waals surface area contributed by atoms with Gasteiger partial charge in [0.15, 0.2) is 9.84 Å². The van der Waals surface area contributed by atoms with Crippen molar-refractivity contribution in [2.75, 3.05) is 17.3 Å². The Hall–Kier alpha value is -2.87. The number of tetrazole rings is 1. The molecule has 0 bridgehead atoms. The number of nitrogens with one attached hydrogen (secondary N) is 2. The van der Waals surface area contributed by atoms with E-state index in [1.54, 1.807) is 0 Å². The minimum absolute atomic E-state index is 0.0345. The molecular formula is C16H18F3N7O7S3. The number of β-lactam (4-membered cyclic amide) rings is 1. The highest BCUT2D eigenvalue weighted by Gasteiger charge is 2.55. The molecule has 0 aromatic carbocycles. The SMILES string of the molecule is NC(=O)CCC(Sc1nnn[nH]1)C1=C(C(=O)O)N2C(=O)C(NC(=O)CS(=O)(=O)CC(F)(F)F)[C@@H]2SC1. The predicted octanol–water partition coefficient (Wildman–Crippen LogP) is -1.36. The molecule has 1 aromatic heterocycles. The van der Waals surface area contributed by atoms with Gasteiger partial charge in [-0.25, -0.2) is 18.3 Å². The van der Waals surface area contributed by atoms with Gasteiger partial charge < -0.3 is 16.2 Å². The van der Waals surface area contributed by atoms with E-state index in [1.807, 2.05) is 0 Å². The number of alkyl halides is 3. The lowest BCUT2D eigenvalue weighted by Gasteiger charge is -2.50. The number of hydrogen-bond acceptors (Lipinski definition) is 11. The number of thioether (sulfide) groups is 2. The van der Waals surface area contributed by atoms with Crippen LogP contribution in [0.5, 0.6) is 0 Å². The van der Waals surface area contributed by atoms with E-state index < -0.39 is 73.6 Å². The smallest absolute Gasteiger partial charge is 0.402 e. The van der Waals surface area contributed by atoms with E-state index in [2.05, 4.69) is 25.9 Å². The van der Waals surface area contributed by atoms with Crippen LogP contribution in [0.3, 0.4) is 0 Å². The number of H-pyrrole nitrogens is 1.